The van der Waals surface area contributed by atoms with Crippen molar-refractivity contribution in [2.45, 2.75) is 13.0 Å². The molecule has 192 valence electrons. The van der Waals surface area contributed by atoms with Gasteiger partial charge in [-0.1, -0.05) is 18.2 Å². The molecule has 4 aromatic rings. The van der Waals surface area contributed by atoms with Crippen molar-refractivity contribution in [2.75, 3.05) is 29.4 Å². The maximum Gasteiger partial charge on any atom is 0.256 e. The van der Waals surface area contributed by atoms with Crippen LogP contribution >= 0.6 is 0 Å². The number of nitrogens with zero attached hydrogens (tertiary/aromatic N) is 5. The molecule has 9 nitrogen and oxygen atoms in total. The second kappa shape index (κ2) is 10.7. The fraction of sp³-hybridized carbons (Fsp3) is 0.207. The van der Waals surface area contributed by atoms with Crippen LogP contribution in [0, 0.1) is 5.41 Å². The van der Waals surface area contributed by atoms with Crippen molar-refractivity contribution in [1.82, 2.24) is 19.9 Å². The molecule has 0 spiro atoms. The number of nitrogens with one attached hydrogen (secondary N) is 2. The molecule has 0 unspecified atom stereocenters. The van der Waals surface area contributed by atoms with E-state index in [4.69, 9.17) is 10.4 Å². The summed E-state index contributed by atoms with van der Waals surface area (Å²) in [6.07, 6.45) is 3.39. The highest BCUT2D eigenvalue weighted by Crippen LogP contribution is 2.24. The van der Waals surface area contributed by atoms with E-state index in [0.29, 0.717) is 29.3 Å². The average Bonchev–Trinajstić information content (AvgIpc) is 2.95. The van der Waals surface area contributed by atoms with E-state index in [-0.39, 0.29) is 23.3 Å². The fourth-order valence-corrected chi connectivity index (χ4v) is 4.63. The lowest BCUT2D eigenvalue weighted by Crippen LogP contribution is -2.53. The number of anilines is 2. The summed E-state index contributed by atoms with van der Waals surface area (Å²) >= 11 is 0. The van der Waals surface area contributed by atoms with Crippen LogP contribution in [-0.4, -0.2) is 52.0 Å². The number of hydrogen-bond donors (Lipinski definition) is 2. The number of amides is 1. The molecule has 9 heteroatoms. The molecule has 3 heterocycles. The maximum atomic E-state index is 12.7. The number of aromatic nitrogens is 3. The summed E-state index contributed by atoms with van der Waals surface area (Å²) in [5.41, 5.74) is 3.58. The smallest absolute Gasteiger partial charge is 0.256 e. The topological polar surface area (TPSA) is 107 Å². The van der Waals surface area contributed by atoms with Crippen LogP contribution in [-0.2, 0) is 7.05 Å². The molecule has 1 aliphatic rings. The predicted molar refractivity (Wildman–Crippen MR) is 149 cm³/mol. The quantitative estimate of drug-likeness (QED) is 0.317. The summed E-state index contributed by atoms with van der Waals surface area (Å²) in [7, 11) is 1.75. The molecule has 38 heavy (non-hydrogen) atoms. The first-order valence-corrected chi connectivity index (χ1v) is 12.5. The zero-order valence-corrected chi connectivity index (χ0v) is 21.3. The normalized spacial score (nSPS) is 15.3. The molecule has 1 saturated heterocycles. The summed E-state index contributed by atoms with van der Waals surface area (Å²) < 4.78 is 1.60. The van der Waals surface area contributed by atoms with Crippen LogP contribution in [0.5, 0.6) is 0 Å². The number of pyridine rings is 1. The van der Waals surface area contributed by atoms with E-state index in [1.807, 2.05) is 42.5 Å². The number of benzene rings is 2. The van der Waals surface area contributed by atoms with Crippen molar-refractivity contribution in [2.24, 2.45) is 7.05 Å². The lowest BCUT2D eigenvalue weighted by molar-refractivity contribution is 0.0977. The van der Waals surface area contributed by atoms with Gasteiger partial charge in [0.25, 0.3) is 11.5 Å². The van der Waals surface area contributed by atoms with Crippen molar-refractivity contribution in [3.63, 3.8) is 0 Å². The van der Waals surface area contributed by atoms with E-state index in [1.54, 1.807) is 54.3 Å². The Morgan fingerprint density at radius 2 is 1.68 bits per heavy atom. The molecule has 2 N–H and O–H groups in total. The van der Waals surface area contributed by atoms with Gasteiger partial charge >= 0.3 is 0 Å². The minimum atomic E-state index is -0.305. The first-order valence-electron chi connectivity index (χ1n) is 12.5. The molecule has 1 atom stereocenters. The molecule has 1 fully saturated rings. The molecule has 2 aromatic heterocycles. The van der Waals surface area contributed by atoms with Crippen molar-refractivity contribution >= 4 is 23.4 Å². The van der Waals surface area contributed by atoms with Gasteiger partial charge in [0.1, 0.15) is 5.84 Å². The van der Waals surface area contributed by atoms with Gasteiger partial charge in [0, 0.05) is 73.6 Å². The predicted octanol–water partition coefficient (Wildman–Crippen LogP) is 3.31. The first-order chi connectivity index (χ1) is 18.4. The highest BCUT2D eigenvalue weighted by Gasteiger charge is 2.27. The Bertz CT molecular complexity index is 1500. The van der Waals surface area contributed by atoms with Gasteiger partial charge in [-0.25, -0.2) is 4.98 Å². The Kier molecular flexibility index (Phi) is 6.99. The lowest BCUT2D eigenvalue weighted by Gasteiger charge is -2.42. The number of amidine groups is 1. The molecule has 0 bridgehead atoms. The standard InChI is InChI=1S/C29H29N7O2/c1-20-19-35(24-10-8-22(9-11-24)27(30)33-28(38)23-6-4-3-5-7-23)16-17-36(20)29-32-25(18-26(37)34(29)2)21-12-14-31-15-13-21/h3-15,18,20H,16-17,19H2,1-2H3,(H2,30,33,38)/t20-/m1/s1. The highest BCUT2D eigenvalue weighted by molar-refractivity contribution is 6.11. The maximum absolute atomic E-state index is 12.7. The second-order valence-corrected chi connectivity index (χ2v) is 9.30. The van der Waals surface area contributed by atoms with Crippen LogP contribution in [0.25, 0.3) is 11.3 Å². The average molecular weight is 508 g/mol. The van der Waals surface area contributed by atoms with Crippen molar-refractivity contribution in [3.8, 4) is 11.3 Å². The number of hydrogen-bond acceptors (Lipinski definition) is 7. The van der Waals surface area contributed by atoms with E-state index in [9.17, 15) is 9.59 Å². The van der Waals surface area contributed by atoms with Crippen LogP contribution in [0.2, 0.25) is 0 Å². The molecular formula is C29H29N7O2. The Morgan fingerprint density at radius 3 is 2.37 bits per heavy atom. The summed E-state index contributed by atoms with van der Waals surface area (Å²) in [5.74, 6) is 0.403. The van der Waals surface area contributed by atoms with E-state index in [2.05, 4.69) is 27.0 Å². The van der Waals surface area contributed by atoms with E-state index in [1.165, 1.54) is 0 Å². The van der Waals surface area contributed by atoms with Gasteiger partial charge in [-0.15, -0.1) is 0 Å². The molecule has 0 saturated carbocycles. The van der Waals surface area contributed by atoms with Crippen LogP contribution in [0.15, 0.2) is 90.0 Å². The molecule has 0 radical (unpaired) electrons. The number of piperazine rings is 1. The highest BCUT2D eigenvalue weighted by atomic mass is 16.1. The van der Waals surface area contributed by atoms with Gasteiger partial charge in [0.2, 0.25) is 5.95 Å². The third kappa shape index (κ3) is 5.17. The summed E-state index contributed by atoms with van der Waals surface area (Å²) in [4.78, 5) is 38.5. The zero-order valence-electron chi connectivity index (χ0n) is 21.3. The number of rotatable bonds is 5. The summed E-state index contributed by atoms with van der Waals surface area (Å²) in [5, 5.41) is 11.0. The van der Waals surface area contributed by atoms with Gasteiger partial charge in [0.05, 0.1) is 5.69 Å². The van der Waals surface area contributed by atoms with E-state index in [0.717, 1.165) is 24.3 Å². The van der Waals surface area contributed by atoms with Crippen LogP contribution in [0.4, 0.5) is 11.6 Å². The number of carbonyl (C=O) groups is 1. The van der Waals surface area contributed by atoms with Gasteiger partial charge in [-0.2, -0.15) is 0 Å². The fourth-order valence-electron chi connectivity index (χ4n) is 4.63. The minimum absolute atomic E-state index is 0.0599. The Hall–Kier alpha value is -4.79. The molecule has 1 aliphatic heterocycles. The SMILES string of the molecule is C[C@@H]1CN(c2ccc(C(=N)NC(=O)c3ccccc3)cc2)CCN1c1nc(-c2ccncc2)cc(=O)n1C. The van der Waals surface area contributed by atoms with Gasteiger partial charge < -0.3 is 15.1 Å². The van der Waals surface area contributed by atoms with E-state index >= 15 is 0 Å². The summed E-state index contributed by atoms with van der Waals surface area (Å²) in [6.45, 7) is 4.32. The van der Waals surface area contributed by atoms with Crippen molar-refractivity contribution in [1.29, 1.82) is 5.41 Å². The minimum Gasteiger partial charge on any atom is -0.368 e. The third-order valence-electron chi connectivity index (χ3n) is 6.77. The number of carbonyl (C=O) groups excluding carboxylic acids is 1. The molecule has 1 amide bonds. The Morgan fingerprint density at radius 1 is 0.974 bits per heavy atom. The molecule has 0 aliphatic carbocycles. The summed E-state index contributed by atoms with van der Waals surface area (Å²) in [6, 6.07) is 21.9. The molecular weight excluding hydrogens is 478 g/mol. The van der Waals surface area contributed by atoms with Crippen molar-refractivity contribution in [3.05, 3.63) is 107 Å². The lowest BCUT2D eigenvalue weighted by atomic mass is 10.1. The largest absolute Gasteiger partial charge is 0.368 e. The van der Waals surface area contributed by atoms with Crippen molar-refractivity contribution < 1.29 is 4.79 Å². The van der Waals surface area contributed by atoms with Gasteiger partial charge in [-0.05, 0) is 55.5 Å². The third-order valence-corrected chi connectivity index (χ3v) is 6.77. The monoisotopic (exact) mass is 507 g/mol. The second-order valence-electron chi connectivity index (χ2n) is 9.30. The van der Waals surface area contributed by atoms with Crippen LogP contribution in [0.1, 0.15) is 22.8 Å². The van der Waals surface area contributed by atoms with E-state index < -0.39 is 0 Å². The van der Waals surface area contributed by atoms with Crippen LogP contribution < -0.4 is 20.7 Å². The zero-order chi connectivity index (χ0) is 26.6. The molecule has 5 rings (SSSR count). The molecule has 2 aromatic carbocycles. The van der Waals surface area contributed by atoms with Gasteiger partial charge in [0.15, 0.2) is 0 Å². The van der Waals surface area contributed by atoms with Gasteiger partial charge in [-0.3, -0.25) is 24.5 Å². The first kappa shape index (κ1) is 24.9. The Labute approximate surface area is 220 Å². The Balaban J connectivity index is 1.27. The van der Waals surface area contributed by atoms with Crippen LogP contribution in [0.3, 0.4) is 0 Å².